The van der Waals surface area contributed by atoms with Crippen LogP contribution in [0.5, 0.6) is 0 Å². The predicted octanol–water partition coefficient (Wildman–Crippen LogP) is 2.89. The maximum atomic E-state index is 13.8. The monoisotopic (exact) mass is 313 g/mol. The summed E-state index contributed by atoms with van der Waals surface area (Å²) in [6.45, 7) is 1.26. The van der Waals surface area contributed by atoms with E-state index in [9.17, 15) is 9.18 Å². The molecule has 0 radical (unpaired) electrons. The lowest BCUT2D eigenvalue weighted by atomic mass is 9.90. The number of carbonyl (C=O) groups excluding carboxylic acids is 1. The average molecular weight is 314 g/mol. The standard InChI is InChI=1S/C15H17ClFNO3/c16-12-3-1-2-11(13(12)17)14(19)18-10-4-6-15(7-5-10)20-8-9-21-15/h1-3,10H,4-9H2,(H,18,19). The molecule has 0 unspecified atom stereocenters. The van der Waals surface area contributed by atoms with E-state index in [0.717, 1.165) is 25.7 Å². The number of benzene rings is 1. The minimum Gasteiger partial charge on any atom is -0.349 e. The number of hydrogen-bond acceptors (Lipinski definition) is 3. The topological polar surface area (TPSA) is 47.6 Å². The molecule has 1 N–H and O–H groups in total. The van der Waals surface area contributed by atoms with Gasteiger partial charge in [-0.3, -0.25) is 4.79 Å². The number of amides is 1. The lowest BCUT2D eigenvalue weighted by Crippen LogP contribution is -2.44. The molecule has 21 heavy (non-hydrogen) atoms. The van der Waals surface area contributed by atoms with Gasteiger partial charge in [0.15, 0.2) is 11.6 Å². The number of halogens is 2. The van der Waals surface area contributed by atoms with Crippen molar-refractivity contribution in [2.24, 2.45) is 0 Å². The summed E-state index contributed by atoms with van der Waals surface area (Å²) >= 11 is 5.69. The van der Waals surface area contributed by atoms with Crippen LogP contribution < -0.4 is 5.32 Å². The first-order valence-electron chi connectivity index (χ1n) is 7.12. The molecule has 6 heteroatoms. The Morgan fingerprint density at radius 3 is 2.62 bits per heavy atom. The first kappa shape index (κ1) is 14.8. The van der Waals surface area contributed by atoms with Crippen LogP contribution >= 0.6 is 11.6 Å². The van der Waals surface area contributed by atoms with Crippen molar-refractivity contribution in [2.75, 3.05) is 13.2 Å². The van der Waals surface area contributed by atoms with E-state index in [1.807, 2.05) is 0 Å². The van der Waals surface area contributed by atoms with Crippen molar-refractivity contribution >= 4 is 17.5 Å². The summed E-state index contributed by atoms with van der Waals surface area (Å²) < 4.78 is 25.1. The molecule has 1 aromatic rings. The highest BCUT2D eigenvalue weighted by atomic mass is 35.5. The third kappa shape index (κ3) is 3.05. The molecular formula is C15H17ClFNO3. The summed E-state index contributed by atoms with van der Waals surface area (Å²) in [7, 11) is 0. The molecule has 4 nitrogen and oxygen atoms in total. The second-order valence-electron chi connectivity index (χ2n) is 5.46. The van der Waals surface area contributed by atoms with Crippen molar-refractivity contribution < 1.29 is 18.7 Å². The maximum Gasteiger partial charge on any atom is 0.254 e. The molecule has 1 aliphatic carbocycles. The van der Waals surface area contributed by atoms with Crippen LogP contribution in [-0.2, 0) is 9.47 Å². The summed E-state index contributed by atoms with van der Waals surface area (Å²) in [5.74, 6) is -1.56. The van der Waals surface area contributed by atoms with Gasteiger partial charge in [-0.15, -0.1) is 0 Å². The van der Waals surface area contributed by atoms with Crippen molar-refractivity contribution in [3.8, 4) is 0 Å². The van der Waals surface area contributed by atoms with Crippen LogP contribution in [0.2, 0.25) is 5.02 Å². The summed E-state index contributed by atoms with van der Waals surface area (Å²) in [6, 6.07) is 4.43. The molecule has 0 atom stereocenters. The van der Waals surface area contributed by atoms with Crippen LogP contribution in [0.15, 0.2) is 18.2 Å². The average Bonchev–Trinajstić information content (AvgIpc) is 2.93. The van der Waals surface area contributed by atoms with Crippen LogP contribution in [0, 0.1) is 5.82 Å². The maximum absolute atomic E-state index is 13.8. The minimum absolute atomic E-state index is 0.00862. The smallest absolute Gasteiger partial charge is 0.254 e. The Hall–Kier alpha value is -1.17. The molecule has 1 saturated carbocycles. The van der Waals surface area contributed by atoms with E-state index in [1.165, 1.54) is 12.1 Å². The summed E-state index contributed by atoms with van der Waals surface area (Å²) in [5, 5.41) is 2.82. The third-order valence-electron chi connectivity index (χ3n) is 4.09. The lowest BCUT2D eigenvalue weighted by molar-refractivity contribution is -0.179. The second-order valence-corrected chi connectivity index (χ2v) is 5.86. The first-order valence-corrected chi connectivity index (χ1v) is 7.50. The fourth-order valence-electron chi connectivity index (χ4n) is 2.93. The number of rotatable bonds is 2. The Morgan fingerprint density at radius 1 is 1.29 bits per heavy atom. The van der Waals surface area contributed by atoms with Crippen molar-refractivity contribution in [2.45, 2.75) is 37.5 Å². The number of carbonyl (C=O) groups is 1. The highest BCUT2D eigenvalue weighted by Crippen LogP contribution is 2.35. The fourth-order valence-corrected chi connectivity index (χ4v) is 3.10. The Morgan fingerprint density at radius 2 is 1.95 bits per heavy atom. The zero-order chi connectivity index (χ0) is 14.9. The van der Waals surface area contributed by atoms with Gasteiger partial charge < -0.3 is 14.8 Å². The largest absolute Gasteiger partial charge is 0.349 e. The third-order valence-corrected chi connectivity index (χ3v) is 4.38. The molecule has 1 saturated heterocycles. The lowest BCUT2D eigenvalue weighted by Gasteiger charge is -2.35. The zero-order valence-corrected chi connectivity index (χ0v) is 12.3. The predicted molar refractivity (Wildman–Crippen MR) is 75.8 cm³/mol. The van der Waals surface area contributed by atoms with Gasteiger partial charge in [-0.05, 0) is 25.0 Å². The van der Waals surface area contributed by atoms with Crippen molar-refractivity contribution in [3.05, 3.63) is 34.6 Å². The molecule has 0 bridgehead atoms. The Kier molecular flexibility index (Phi) is 4.15. The van der Waals surface area contributed by atoms with Gasteiger partial charge in [-0.1, -0.05) is 17.7 Å². The van der Waals surface area contributed by atoms with E-state index < -0.39 is 17.5 Å². The van der Waals surface area contributed by atoms with E-state index in [2.05, 4.69) is 5.32 Å². The van der Waals surface area contributed by atoms with Crippen LogP contribution in [-0.4, -0.2) is 30.9 Å². The quantitative estimate of drug-likeness (QED) is 0.913. The zero-order valence-electron chi connectivity index (χ0n) is 11.5. The Balaban J connectivity index is 1.60. The molecule has 1 amide bonds. The normalized spacial score (nSPS) is 21.6. The molecule has 1 aliphatic heterocycles. The molecule has 1 spiro atoms. The van der Waals surface area contributed by atoms with Gasteiger partial charge in [0, 0.05) is 18.9 Å². The molecule has 1 aromatic carbocycles. The summed E-state index contributed by atoms with van der Waals surface area (Å²) in [5.41, 5.74) is -0.0175. The molecule has 1 heterocycles. The van der Waals surface area contributed by atoms with E-state index >= 15 is 0 Å². The van der Waals surface area contributed by atoms with Crippen molar-refractivity contribution in [1.29, 1.82) is 0 Å². The van der Waals surface area contributed by atoms with Crippen molar-refractivity contribution in [1.82, 2.24) is 5.32 Å². The molecule has 114 valence electrons. The molecule has 2 fully saturated rings. The molecule has 3 rings (SSSR count). The first-order chi connectivity index (χ1) is 10.1. The van der Waals surface area contributed by atoms with E-state index in [1.54, 1.807) is 6.07 Å². The fraction of sp³-hybridized carbons (Fsp3) is 0.533. The van der Waals surface area contributed by atoms with Gasteiger partial charge in [0.05, 0.1) is 23.8 Å². The van der Waals surface area contributed by atoms with E-state index in [4.69, 9.17) is 21.1 Å². The highest BCUT2D eigenvalue weighted by molar-refractivity contribution is 6.31. The highest BCUT2D eigenvalue weighted by Gasteiger charge is 2.40. The van der Waals surface area contributed by atoms with E-state index in [0.29, 0.717) is 13.2 Å². The Bertz CT molecular complexity index is 536. The van der Waals surface area contributed by atoms with Crippen LogP contribution in [0.4, 0.5) is 4.39 Å². The van der Waals surface area contributed by atoms with Gasteiger partial charge in [-0.25, -0.2) is 4.39 Å². The molecular weight excluding hydrogens is 297 g/mol. The molecule has 2 aliphatic rings. The van der Waals surface area contributed by atoms with Gasteiger partial charge >= 0.3 is 0 Å². The van der Waals surface area contributed by atoms with Crippen LogP contribution in [0.1, 0.15) is 36.0 Å². The number of hydrogen-bond donors (Lipinski definition) is 1. The minimum atomic E-state index is -0.675. The number of nitrogens with one attached hydrogen (secondary N) is 1. The second kappa shape index (κ2) is 5.91. The summed E-state index contributed by atoms with van der Waals surface area (Å²) in [6.07, 6.45) is 3.01. The molecule has 0 aromatic heterocycles. The van der Waals surface area contributed by atoms with Gasteiger partial charge in [-0.2, -0.15) is 0 Å². The Labute approximate surface area is 127 Å². The van der Waals surface area contributed by atoms with Crippen LogP contribution in [0.25, 0.3) is 0 Å². The number of ether oxygens (including phenoxy) is 2. The van der Waals surface area contributed by atoms with Crippen molar-refractivity contribution in [3.63, 3.8) is 0 Å². The SMILES string of the molecule is O=C(NC1CCC2(CC1)OCCO2)c1cccc(Cl)c1F. The van der Waals surface area contributed by atoms with Gasteiger partial charge in [0.2, 0.25) is 0 Å². The van der Waals surface area contributed by atoms with Gasteiger partial charge in [0.25, 0.3) is 5.91 Å². The van der Waals surface area contributed by atoms with Crippen LogP contribution in [0.3, 0.4) is 0 Å². The summed E-state index contributed by atoms with van der Waals surface area (Å²) in [4.78, 5) is 12.1. The van der Waals surface area contributed by atoms with Gasteiger partial charge in [0.1, 0.15) is 0 Å². The van der Waals surface area contributed by atoms with E-state index in [-0.39, 0.29) is 16.6 Å².